The average molecular weight is 780 g/mol. The van der Waals surface area contributed by atoms with Crippen LogP contribution in [-0.4, -0.2) is 125 Å². The standard InChI is InChI=1S/C30H57N19O6/c31-17(5-1-9-41-27(32)33)22(50)49-21(13-16-14-40-15-45-16)25(53)47-18(6-2-10-42-28(34)35)23(51)46-19(7-3-11-43-29(36)37)24(52)48-20(26(54)55)8-4-12-44-30(38)39/h14-15,17-21H,1-13,31H2,(H,40,45)(H,46,51)(H,47,53)(H,48,52)(H,49,50)(H,54,55)(H4,32,33,41)(H4,34,35,42)(H4,36,37,43)(H4,38,39,44)/t17-,18-,19-,20-,21-/m0/s1. The van der Waals surface area contributed by atoms with Crippen LogP contribution >= 0.6 is 0 Å². The van der Waals surface area contributed by atoms with Crippen molar-refractivity contribution in [3.63, 3.8) is 0 Å². The Balaban J connectivity index is 3.31. The molecular weight excluding hydrogens is 722 g/mol. The van der Waals surface area contributed by atoms with Gasteiger partial charge in [-0.05, 0) is 51.4 Å². The van der Waals surface area contributed by atoms with Gasteiger partial charge in [-0.2, -0.15) is 0 Å². The molecule has 0 saturated carbocycles. The number of nitrogens with zero attached hydrogens (tertiary/aromatic N) is 5. The summed E-state index contributed by atoms with van der Waals surface area (Å²) in [6.45, 7) is 0.539. The molecule has 0 spiro atoms. The highest BCUT2D eigenvalue weighted by Gasteiger charge is 2.32. The fourth-order valence-electron chi connectivity index (χ4n) is 4.88. The summed E-state index contributed by atoms with van der Waals surface area (Å²) in [5.41, 5.74) is 49.6. The van der Waals surface area contributed by atoms with Crippen LogP contribution in [0.5, 0.6) is 0 Å². The maximum Gasteiger partial charge on any atom is 0.326 e. The van der Waals surface area contributed by atoms with Crippen LogP contribution in [-0.2, 0) is 30.4 Å². The van der Waals surface area contributed by atoms with Crippen LogP contribution < -0.4 is 72.9 Å². The molecule has 55 heavy (non-hydrogen) atoms. The summed E-state index contributed by atoms with van der Waals surface area (Å²) >= 11 is 0. The molecule has 0 saturated heterocycles. The summed E-state index contributed by atoms with van der Waals surface area (Å²) in [4.78, 5) is 88.5. The minimum Gasteiger partial charge on any atom is -0.480 e. The summed E-state index contributed by atoms with van der Waals surface area (Å²) in [5, 5.41) is 20.1. The lowest BCUT2D eigenvalue weighted by Crippen LogP contribution is -2.58. The van der Waals surface area contributed by atoms with E-state index in [1.807, 2.05) is 0 Å². The maximum atomic E-state index is 13.9. The molecule has 0 unspecified atom stereocenters. The molecule has 0 radical (unpaired) electrons. The van der Waals surface area contributed by atoms with Crippen LogP contribution in [0.25, 0.3) is 0 Å². The summed E-state index contributed by atoms with van der Waals surface area (Å²) in [5.74, 6) is -5.03. The second-order valence-corrected chi connectivity index (χ2v) is 12.3. The summed E-state index contributed by atoms with van der Waals surface area (Å²) in [6.07, 6.45) is 3.91. The van der Waals surface area contributed by atoms with Gasteiger partial charge in [-0.1, -0.05) is 0 Å². The second kappa shape index (κ2) is 25.6. The molecule has 0 fully saturated rings. The van der Waals surface area contributed by atoms with Crippen molar-refractivity contribution >= 4 is 53.4 Å². The molecule has 1 aromatic heterocycles. The fourth-order valence-corrected chi connectivity index (χ4v) is 4.88. The number of aromatic nitrogens is 2. The molecule has 5 atom stereocenters. The van der Waals surface area contributed by atoms with E-state index >= 15 is 0 Å². The van der Waals surface area contributed by atoms with E-state index in [4.69, 9.17) is 51.6 Å². The zero-order valence-corrected chi connectivity index (χ0v) is 30.7. The van der Waals surface area contributed by atoms with E-state index < -0.39 is 59.8 Å². The van der Waals surface area contributed by atoms with Gasteiger partial charge in [0.15, 0.2) is 23.8 Å². The number of carboxylic acid groups (broad SMARTS) is 1. The summed E-state index contributed by atoms with van der Waals surface area (Å²) in [7, 11) is 0. The van der Waals surface area contributed by atoms with Crippen molar-refractivity contribution < 1.29 is 29.1 Å². The summed E-state index contributed by atoms with van der Waals surface area (Å²) in [6, 6.07) is -6.20. The number of aliphatic imine (C=N–C) groups is 4. The minimum atomic E-state index is -1.35. The smallest absolute Gasteiger partial charge is 0.326 e. The lowest BCUT2D eigenvalue weighted by Gasteiger charge is -2.26. The SMILES string of the molecule is NC(N)=NCCC[C@H](NC(=O)[C@H](CCCN=C(N)N)NC(=O)[C@H](CCCN=C(N)N)NC(=O)[C@H](Cc1cnc[nH]1)NC(=O)[C@@H](N)CCCN=C(N)N)C(=O)O. The number of hydrogen-bond acceptors (Lipinski definition) is 11. The van der Waals surface area contributed by atoms with Crippen molar-refractivity contribution in [3.8, 4) is 0 Å². The molecule has 0 aromatic carbocycles. The molecule has 0 bridgehead atoms. The van der Waals surface area contributed by atoms with Crippen LogP contribution in [0.1, 0.15) is 57.1 Å². The average Bonchev–Trinajstić information content (AvgIpc) is 3.62. The fraction of sp³-hybridized carbons (Fsp3) is 0.600. The van der Waals surface area contributed by atoms with Crippen LogP contribution in [0, 0.1) is 0 Å². The molecule has 1 aromatic rings. The van der Waals surface area contributed by atoms with Gasteiger partial charge in [0.1, 0.15) is 24.2 Å². The number of H-pyrrole nitrogens is 1. The topological polar surface area (TPSA) is 466 Å². The van der Waals surface area contributed by atoms with Crippen LogP contribution in [0.2, 0.25) is 0 Å². The number of guanidine groups is 4. The molecule has 25 heteroatoms. The highest BCUT2D eigenvalue weighted by molar-refractivity contribution is 5.95. The van der Waals surface area contributed by atoms with Gasteiger partial charge >= 0.3 is 5.97 Å². The highest BCUT2D eigenvalue weighted by Crippen LogP contribution is 2.08. The molecule has 24 N–H and O–H groups in total. The third-order valence-electron chi connectivity index (χ3n) is 7.63. The Morgan fingerprint density at radius 2 is 0.945 bits per heavy atom. The van der Waals surface area contributed by atoms with Gasteiger partial charge in [0.25, 0.3) is 0 Å². The number of aromatic amines is 1. The number of carbonyl (C=O) groups excluding carboxylic acids is 4. The van der Waals surface area contributed by atoms with Gasteiger partial charge in [-0.25, -0.2) is 9.78 Å². The van der Waals surface area contributed by atoms with Gasteiger partial charge < -0.3 is 83.0 Å². The molecule has 0 aliphatic rings. The number of nitrogens with two attached hydrogens (primary N) is 9. The summed E-state index contributed by atoms with van der Waals surface area (Å²) < 4.78 is 0. The van der Waals surface area contributed by atoms with Crippen molar-refractivity contribution in [2.24, 2.45) is 71.6 Å². The normalized spacial score (nSPS) is 13.3. The van der Waals surface area contributed by atoms with Crippen molar-refractivity contribution in [1.82, 2.24) is 31.2 Å². The first-order valence-electron chi connectivity index (χ1n) is 17.4. The molecule has 1 heterocycles. The Hall–Kier alpha value is -6.40. The first kappa shape index (κ1) is 46.6. The number of imidazole rings is 1. The van der Waals surface area contributed by atoms with Gasteiger partial charge in [0.05, 0.1) is 12.4 Å². The number of nitrogens with one attached hydrogen (secondary N) is 5. The molecule has 4 amide bonds. The number of amides is 4. The van der Waals surface area contributed by atoms with E-state index in [-0.39, 0.29) is 101 Å². The van der Waals surface area contributed by atoms with Gasteiger partial charge in [-0.15, -0.1) is 0 Å². The molecule has 25 nitrogen and oxygen atoms in total. The zero-order valence-electron chi connectivity index (χ0n) is 30.7. The number of carbonyl (C=O) groups is 5. The van der Waals surface area contributed by atoms with Crippen molar-refractivity contribution in [2.45, 2.75) is 88.0 Å². The monoisotopic (exact) mass is 779 g/mol. The number of aliphatic carboxylic acids is 1. The van der Waals surface area contributed by atoms with E-state index in [0.29, 0.717) is 12.1 Å². The lowest BCUT2D eigenvalue weighted by molar-refractivity contribution is -0.142. The number of rotatable bonds is 27. The third-order valence-corrected chi connectivity index (χ3v) is 7.63. The Morgan fingerprint density at radius 1 is 0.582 bits per heavy atom. The van der Waals surface area contributed by atoms with Crippen LogP contribution in [0.4, 0.5) is 0 Å². The predicted molar refractivity (Wildman–Crippen MR) is 205 cm³/mol. The number of hydrogen-bond donors (Lipinski definition) is 15. The predicted octanol–water partition coefficient (Wildman–Crippen LogP) is -6.48. The van der Waals surface area contributed by atoms with E-state index in [2.05, 4.69) is 51.2 Å². The number of carboxylic acids is 1. The molecule has 308 valence electrons. The Kier molecular flexibility index (Phi) is 21.7. The van der Waals surface area contributed by atoms with E-state index in [1.165, 1.54) is 12.5 Å². The van der Waals surface area contributed by atoms with Crippen LogP contribution in [0.3, 0.4) is 0 Å². The molecule has 0 aliphatic carbocycles. The van der Waals surface area contributed by atoms with Crippen LogP contribution in [0.15, 0.2) is 32.5 Å². The Labute approximate surface area is 317 Å². The lowest BCUT2D eigenvalue weighted by atomic mass is 10.0. The highest BCUT2D eigenvalue weighted by atomic mass is 16.4. The minimum absolute atomic E-state index is 0.0196. The first-order chi connectivity index (χ1) is 26.0. The quantitative estimate of drug-likeness (QED) is 0.0224. The third kappa shape index (κ3) is 21.0. The van der Waals surface area contributed by atoms with Crippen molar-refractivity contribution in [3.05, 3.63) is 18.2 Å². The molecule has 1 rings (SSSR count). The van der Waals surface area contributed by atoms with Gasteiger partial charge in [0.2, 0.25) is 23.6 Å². The maximum absolute atomic E-state index is 13.9. The Morgan fingerprint density at radius 3 is 1.33 bits per heavy atom. The zero-order chi connectivity index (χ0) is 41.3. The van der Waals surface area contributed by atoms with Gasteiger partial charge in [0, 0.05) is 44.5 Å². The first-order valence-corrected chi connectivity index (χ1v) is 17.4. The molecular formula is C30H57N19O6. The largest absolute Gasteiger partial charge is 0.480 e. The second-order valence-electron chi connectivity index (χ2n) is 12.3. The van der Waals surface area contributed by atoms with E-state index in [9.17, 15) is 29.1 Å². The van der Waals surface area contributed by atoms with E-state index in [1.54, 1.807) is 0 Å². The van der Waals surface area contributed by atoms with Gasteiger partial charge in [-0.3, -0.25) is 39.1 Å². The van der Waals surface area contributed by atoms with Crippen molar-refractivity contribution in [1.29, 1.82) is 0 Å². The van der Waals surface area contributed by atoms with Crippen molar-refractivity contribution in [2.75, 3.05) is 26.2 Å². The Bertz CT molecular complexity index is 1480. The van der Waals surface area contributed by atoms with E-state index in [0.717, 1.165) is 0 Å². The molecule has 0 aliphatic heterocycles.